The predicted molar refractivity (Wildman–Crippen MR) is 110 cm³/mol. The maximum absolute atomic E-state index is 14.0. The molecule has 2 aromatic carbocycles. The van der Waals surface area contributed by atoms with Gasteiger partial charge in [-0.15, -0.1) is 0 Å². The van der Waals surface area contributed by atoms with Crippen molar-refractivity contribution in [2.75, 3.05) is 0 Å². The normalized spacial score (nSPS) is 14.2. The van der Waals surface area contributed by atoms with Gasteiger partial charge in [0, 0.05) is 23.4 Å². The van der Waals surface area contributed by atoms with Crippen LogP contribution in [-0.2, 0) is 0 Å². The Kier molecular flexibility index (Phi) is 4.32. The first-order valence-electron chi connectivity index (χ1n) is 9.63. The number of pyridine rings is 2. The summed E-state index contributed by atoms with van der Waals surface area (Å²) in [6.07, 6.45) is 1.60. The summed E-state index contributed by atoms with van der Waals surface area (Å²) in [6.45, 7) is 1.69. The largest absolute Gasteiger partial charge is 0.269 e. The summed E-state index contributed by atoms with van der Waals surface area (Å²) >= 11 is 0. The van der Waals surface area contributed by atoms with Crippen LogP contribution in [0.5, 0.6) is 0 Å². The number of fused-ring (bicyclic) bond motifs is 2. The second-order valence-electron chi connectivity index (χ2n) is 7.33. The Balaban J connectivity index is 1.70. The fourth-order valence-electron chi connectivity index (χ4n) is 3.95. The summed E-state index contributed by atoms with van der Waals surface area (Å²) in [4.78, 5) is 36.0. The van der Waals surface area contributed by atoms with Gasteiger partial charge < -0.3 is 0 Å². The van der Waals surface area contributed by atoms with E-state index in [0.29, 0.717) is 27.7 Å². The molecule has 5 rings (SSSR count). The molecular weight excluding hydrogens is 400 g/mol. The summed E-state index contributed by atoms with van der Waals surface area (Å²) < 4.78 is 27.9. The Labute approximate surface area is 176 Å². The molecule has 0 N–H and O–H groups in total. The number of benzene rings is 2. The molecule has 3 heterocycles. The Morgan fingerprint density at radius 1 is 0.839 bits per heavy atom. The summed E-state index contributed by atoms with van der Waals surface area (Å²) in [5.41, 5.74) is 2.67. The minimum Gasteiger partial charge on any atom is -0.269 e. The number of hydrogen-bond acceptors (Lipinski definition) is 4. The van der Waals surface area contributed by atoms with Gasteiger partial charge in [0.15, 0.2) is 0 Å². The molecular formula is C24H15F2N3O2. The quantitative estimate of drug-likeness (QED) is 0.445. The molecule has 0 aliphatic carbocycles. The lowest BCUT2D eigenvalue weighted by atomic mass is 9.98. The van der Waals surface area contributed by atoms with Gasteiger partial charge in [-0.05, 0) is 49.4 Å². The van der Waals surface area contributed by atoms with Crippen LogP contribution in [0.3, 0.4) is 0 Å². The number of carbonyl (C=O) groups excluding carboxylic acids is 2. The van der Waals surface area contributed by atoms with Crippen molar-refractivity contribution >= 4 is 22.8 Å². The number of carbonyl (C=O) groups is 2. The van der Waals surface area contributed by atoms with Crippen LogP contribution in [0.25, 0.3) is 22.3 Å². The van der Waals surface area contributed by atoms with E-state index in [0.717, 1.165) is 11.0 Å². The van der Waals surface area contributed by atoms with Crippen LogP contribution >= 0.6 is 0 Å². The van der Waals surface area contributed by atoms with Gasteiger partial charge >= 0.3 is 0 Å². The highest BCUT2D eigenvalue weighted by molar-refractivity contribution is 6.21. The van der Waals surface area contributed by atoms with Crippen LogP contribution in [0.15, 0.2) is 66.9 Å². The SMILES string of the molecule is CC(c1cc2ncccc2nc1-c1cc(F)cc(F)c1)N1C(=O)c2ccccc2C1=O. The first-order chi connectivity index (χ1) is 14.9. The average Bonchev–Trinajstić information content (AvgIpc) is 3.02. The van der Waals surface area contributed by atoms with Crippen molar-refractivity contribution in [1.29, 1.82) is 0 Å². The van der Waals surface area contributed by atoms with Crippen LogP contribution < -0.4 is 0 Å². The van der Waals surface area contributed by atoms with Crippen LogP contribution in [0.2, 0.25) is 0 Å². The first kappa shape index (κ1) is 19.0. The summed E-state index contributed by atoms with van der Waals surface area (Å²) in [7, 11) is 0. The Morgan fingerprint density at radius 3 is 2.13 bits per heavy atom. The number of aromatic nitrogens is 2. The van der Waals surface area contributed by atoms with E-state index in [1.165, 1.54) is 12.1 Å². The third-order valence-electron chi connectivity index (χ3n) is 5.41. The Hall–Kier alpha value is -4.00. The highest BCUT2D eigenvalue weighted by Crippen LogP contribution is 2.36. The second kappa shape index (κ2) is 7.05. The lowest BCUT2D eigenvalue weighted by Crippen LogP contribution is -2.33. The second-order valence-corrected chi connectivity index (χ2v) is 7.33. The van der Waals surface area contributed by atoms with Gasteiger partial charge in [-0.3, -0.25) is 19.5 Å². The van der Waals surface area contributed by atoms with E-state index >= 15 is 0 Å². The predicted octanol–water partition coefficient (Wildman–Crippen LogP) is 4.93. The van der Waals surface area contributed by atoms with Crippen LogP contribution in [0.1, 0.15) is 39.2 Å². The lowest BCUT2D eigenvalue weighted by molar-refractivity contribution is 0.0595. The maximum atomic E-state index is 14.0. The highest BCUT2D eigenvalue weighted by atomic mass is 19.1. The van der Waals surface area contributed by atoms with E-state index in [4.69, 9.17) is 0 Å². The molecule has 1 atom stereocenters. The Bertz CT molecular complexity index is 1330. The molecule has 4 aromatic rings. The number of nitrogens with zero attached hydrogens (tertiary/aromatic N) is 3. The molecule has 1 unspecified atom stereocenters. The molecule has 0 spiro atoms. The van der Waals surface area contributed by atoms with Crippen molar-refractivity contribution in [3.05, 3.63) is 95.2 Å². The van der Waals surface area contributed by atoms with E-state index in [1.54, 1.807) is 55.6 Å². The number of imide groups is 1. The lowest BCUT2D eigenvalue weighted by Gasteiger charge is -2.25. The van der Waals surface area contributed by atoms with Gasteiger partial charge in [0.25, 0.3) is 11.8 Å². The molecule has 31 heavy (non-hydrogen) atoms. The number of halogens is 2. The maximum Gasteiger partial charge on any atom is 0.262 e. The number of rotatable bonds is 3. The molecule has 0 bridgehead atoms. The highest BCUT2D eigenvalue weighted by Gasteiger charge is 2.39. The van der Waals surface area contributed by atoms with Crippen molar-refractivity contribution in [3.63, 3.8) is 0 Å². The fraction of sp³-hybridized carbons (Fsp3) is 0.0833. The molecule has 0 fully saturated rings. The average molecular weight is 415 g/mol. The molecule has 0 radical (unpaired) electrons. The van der Waals surface area contributed by atoms with E-state index < -0.39 is 29.5 Å². The van der Waals surface area contributed by atoms with Crippen molar-refractivity contribution in [2.45, 2.75) is 13.0 Å². The topological polar surface area (TPSA) is 63.2 Å². The molecule has 2 aromatic heterocycles. The van der Waals surface area contributed by atoms with Crippen LogP contribution in [-0.4, -0.2) is 26.7 Å². The fourth-order valence-corrected chi connectivity index (χ4v) is 3.95. The number of amides is 2. The molecule has 2 amide bonds. The Morgan fingerprint density at radius 2 is 1.48 bits per heavy atom. The van der Waals surface area contributed by atoms with Gasteiger partial charge in [0.05, 0.1) is 33.9 Å². The molecule has 5 nitrogen and oxygen atoms in total. The summed E-state index contributed by atoms with van der Waals surface area (Å²) in [6, 6.07) is 14.1. The smallest absolute Gasteiger partial charge is 0.262 e. The van der Waals surface area contributed by atoms with Crippen molar-refractivity contribution in [2.24, 2.45) is 0 Å². The minimum absolute atomic E-state index is 0.210. The molecule has 0 saturated carbocycles. The summed E-state index contributed by atoms with van der Waals surface area (Å²) in [5, 5.41) is 0. The molecule has 1 aliphatic heterocycles. The standard InChI is InChI=1S/C24H15F2N3O2/c1-13(29-23(30)17-5-2-3-6-18(17)24(29)31)19-12-21-20(7-4-8-27-21)28-22(19)14-9-15(25)11-16(26)10-14/h2-13H,1H3. The monoisotopic (exact) mass is 415 g/mol. The van der Waals surface area contributed by atoms with E-state index in [1.807, 2.05) is 0 Å². The van der Waals surface area contributed by atoms with Crippen molar-refractivity contribution in [3.8, 4) is 11.3 Å². The van der Waals surface area contributed by atoms with Crippen molar-refractivity contribution < 1.29 is 18.4 Å². The van der Waals surface area contributed by atoms with Gasteiger partial charge in [0.2, 0.25) is 0 Å². The zero-order chi connectivity index (χ0) is 21.7. The van der Waals surface area contributed by atoms with Crippen molar-refractivity contribution in [1.82, 2.24) is 14.9 Å². The number of hydrogen-bond donors (Lipinski definition) is 0. The molecule has 0 saturated heterocycles. The van der Waals surface area contributed by atoms with Crippen LogP contribution in [0, 0.1) is 11.6 Å². The molecule has 7 heteroatoms. The first-order valence-corrected chi connectivity index (χ1v) is 9.63. The molecule has 152 valence electrons. The summed E-state index contributed by atoms with van der Waals surface area (Å²) in [5.74, 6) is -2.35. The van der Waals surface area contributed by atoms with Gasteiger partial charge in [0.1, 0.15) is 11.6 Å². The van der Waals surface area contributed by atoms with E-state index in [-0.39, 0.29) is 11.3 Å². The van der Waals surface area contributed by atoms with E-state index in [9.17, 15) is 18.4 Å². The third-order valence-corrected chi connectivity index (χ3v) is 5.41. The van der Waals surface area contributed by atoms with Gasteiger partial charge in [-0.25, -0.2) is 13.8 Å². The van der Waals surface area contributed by atoms with E-state index in [2.05, 4.69) is 9.97 Å². The molecule has 1 aliphatic rings. The minimum atomic E-state index is -0.748. The zero-order valence-electron chi connectivity index (χ0n) is 16.3. The third kappa shape index (κ3) is 3.06. The zero-order valence-corrected chi connectivity index (χ0v) is 16.3. The van der Waals surface area contributed by atoms with Crippen LogP contribution in [0.4, 0.5) is 8.78 Å². The van der Waals surface area contributed by atoms with Gasteiger partial charge in [-0.1, -0.05) is 12.1 Å². The van der Waals surface area contributed by atoms with Gasteiger partial charge in [-0.2, -0.15) is 0 Å².